The molecule has 20 heavy (non-hydrogen) atoms. The number of carbonyl (C=O) groups is 1. The van der Waals surface area contributed by atoms with E-state index in [1.54, 1.807) is 0 Å². The van der Waals surface area contributed by atoms with Gasteiger partial charge in [-0.3, -0.25) is 4.79 Å². The van der Waals surface area contributed by atoms with Gasteiger partial charge in [0, 0.05) is 4.47 Å². The van der Waals surface area contributed by atoms with Crippen LogP contribution >= 0.6 is 27.5 Å². The van der Waals surface area contributed by atoms with Crippen LogP contribution in [0.2, 0.25) is 5.02 Å². The Kier molecular flexibility index (Phi) is 4.20. The van der Waals surface area contributed by atoms with Gasteiger partial charge in [-0.25, -0.2) is 13.2 Å². The lowest BCUT2D eigenvalue weighted by atomic mass is 10.00. The molecule has 0 aliphatic carbocycles. The molecule has 0 fully saturated rings. The number of hydrogen-bond donors (Lipinski definition) is 0. The second kappa shape index (κ2) is 5.58. The van der Waals surface area contributed by atoms with Crippen LogP contribution in [0.3, 0.4) is 0 Å². The summed E-state index contributed by atoms with van der Waals surface area (Å²) in [6, 6.07) is 4.62. The molecule has 0 atom stereocenters. The summed E-state index contributed by atoms with van der Waals surface area (Å²) in [5.41, 5.74) is -1.18. The normalized spacial score (nSPS) is 10.7. The van der Waals surface area contributed by atoms with Crippen molar-refractivity contribution in [3.63, 3.8) is 0 Å². The molecule has 0 bridgehead atoms. The molecule has 0 N–H and O–H groups in total. The average Bonchev–Trinajstić information content (AvgIpc) is 2.41. The summed E-state index contributed by atoms with van der Waals surface area (Å²) >= 11 is 8.66. The van der Waals surface area contributed by atoms with Gasteiger partial charge >= 0.3 is 0 Å². The number of aryl methyl sites for hydroxylation is 1. The van der Waals surface area contributed by atoms with Crippen LogP contribution in [0.25, 0.3) is 0 Å². The van der Waals surface area contributed by atoms with Gasteiger partial charge in [0.15, 0.2) is 5.82 Å². The van der Waals surface area contributed by atoms with Crippen LogP contribution in [0.4, 0.5) is 13.2 Å². The molecule has 104 valence electrons. The number of benzene rings is 2. The molecule has 0 radical (unpaired) electrons. The van der Waals surface area contributed by atoms with E-state index in [-0.39, 0.29) is 15.1 Å². The number of rotatable bonds is 2. The quantitative estimate of drug-likeness (QED) is 0.538. The predicted molar refractivity (Wildman–Crippen MR) is 73.6 cm³/mol. The van der Waals surface area contributed by atoms with E-state index in [0.29, 0.717) is 0 Å². The number of carbonyl (C=O) groups excluding carboxylic acids is 1. The van der Waals surface area contributed by atoms with Gasteiger partial charge in [-0.2, -0.15) is 0 Å². The highest BCUT2D eigenvalue weighted by molar-refractivity contribution is 9.10. The minimum absolute atomic E-state index is 0.0957. The van der Waals surface area contributed by atoms with E-state index in [1.807, 2.05) is 0 Å². The Balaban J connectivity index is 2.64. The summed E-state index contributed by atoms with van der Waals surface area (Å²) in [6.07, 6.45) is 0. The Labute approximate surface area is 126 Å². The molecule has 1 nitrogen and oxygen atoms in total. The monoisotopic (exact) mass is 362 g/mol. The lowest BCUT2D eigenvalue weighted by molar-refractivity contribution is 0.102. The first-order valence-electron chi connectivity index (χ1n) is 5.47. The van der Waals surface area contributed by atoms with Gasteiger partial charge in [0.05, 0.1) is 16.1 Å². The van der Waals surface area contributed by atoms with Crippen molar-refractivity contribution in [3.05, 3.63) is 67.9 Å². The molecule has 2 aromatic carbocycles. The largest absolute Gasteiger partial charge is 0.288 e. The van der Waals surface area contributed by atoms with Crippen LogP contribution in [0.15, 0.2) is 28.7 Å². The highest BCUT2D eigenvalue weighted by atomic mass is 79.9. The second-order valence-electron chi connectivity index (χ2n) is 4.11. The molecule has 2 rings (SSSR count). The van der Waals surface area contributed by atoms with Crippen molar-refractivity contribution < 1.29 is 18.0 Å². The SMILES string of the molecule is Cc1ccc(F)c(C(=O)c2ccc(Br)c(Cl)c2F)c1F. The van der Waals surface area contributed by atoms with Crippen LogP contribution < -0.4 is 0 Å². The number of hydrogen-bond acceptors (Lipinski definition) is 1. The molecule has 0 aliphatic heterocycles. The van der Waals surface area contributed by atoms with Gasteiger partial charge < -0.3 is 0 Å². The van der Waals surface area contributed by atoms with E-state index in [2.05, 4.69) is 15.9 Å². The third-order valence-corrected chi connectivity index (χ3v) is 4.05. The first-order chi connectivity index (χ1) is 9.34. The molecule has 0 aliphatic rings. The molecule has 0 aromatic heterocycles. The standard InChI is InChI=1S/C14H7BrClF3O/c1-6-2-5-9(17)10(12(6)18)14(20)7-3-4-8(15)11(16)13(7)19/h2-5H,1H3. The van der Waals surface area contributed by atoms with Crippen molar-refractivity contribution in [3.8, 4) is 0 Å². The lowest BCUT2D eigenvalue weighted by Crippen LogP contribution is -2.11. The Hall–Kier alpha value is -1.33. The smallest absolute Gasteiger partial charge is 0.201 e. The van der Waals surface area contributed by atoms with Gasteiger partial charge in [0.1, 0.15) is 11.6 Å². The van der Waals surface area contributed by atoms with Gasteiger partial charge in [0.25, 0.3) is 0 Å². The van der Waals surface area contributed by atoms with Crippen LogP contribution in [0.5, 0.6) is 0 Å². The summed E-state index contributed by atoms with van der Waals surface area (Å²) in [7, 11) is 0. The fraction of sp³-hybridized carbons (Fsp3) is 0.0714. The molecular weight excluding hydrogens is 357 g/mol. The van der Waals surface area contributed by atoms with Crippen LogP contribution in [-0.2, 0) is 0 Å². The average molecular weight is 364 g/mol. The summed E-state index contributed by atoms with van der Waals surface area (Å²) < 4.78 is 41.7. The zero-order valence-corrected chi connectivity index (χ0v) is 12.4. The Morgan fingerprint density at radius 2 is 1.75 bits per heavy atom. The lowest BCUT2D eigenvalue weighted by Gasteiger charge is -2.08. The van der Waals surface area contributed by atoms with E-state index in [1.165, 1.54) is 19.1 Å². The Bertz CT molecular complexity index is 716. The van der Waals surface area contributed by atoms with E-state index in [0.717, 1.165) is 12.1 Å². The zero-order chi connectivity index (χ0) is 15.0. The topological polar surface area (TPSA) is 17.1 Å². The highest BCUT2D eigenvalue weighted by Crippen LogP contribution is 2.30. The molecule has 0 amide bonds. The van der Waals surface area contributed by atoms with Crippen molar-refractivity contribution in [2.24, 2.45) is 0 Å². The first kappa shape index (κ1) is 15.1. The molecule has 0 heterocycles. The van der Waals surface area contributed by atoms with Crippen molar-refractivity contribution >= 4 is 33.3 Å². The fourth-order valence-corrected chi connectivity index (χ4v) is 2.17. The summed E-state index contributed by atoms with van der Waals surface area (Å²) in [6.45, 7) is 1.39. The van der Waals surface area contributed by atoms with E-state index in [9.17, 15) is 18.0 Å². The van der Waals surface area contributed by atoms with Crippen molar-refractivity contribution in [2.75, 3.05) is 0 Å². The molecule has 2 aromatic rings. The maximum atomic E-state index is 13.9. The molecule has 0 unspecified atom stereocenters. The minimum atomic E-state index is -1.09. The maximum Gasteiger partial charge on any atom is 0.201 e. The van der Waals surface area contributed by atoms with E-state index >= 15 is 0 Å². The van der Waals surface area contributed by atoms with Crippen molar-refractivity contribution in [1.82, 2.24) is 0 Å². The molecule has 0 spiro atoms. The van der Waals surface area contributed by atoms with E-state index < -0.39 is 34.4 Å². The number of halogens is 5. The Morgan fingerprint density at radius 1 is 1.10 bits per heavy atom. The molecule has 6 heteroatoms. The van der Waals surface area contributed by atoms with Gasteiger partial charge in [-0.15, -0.1) is 0 Å². The third kappa shape index (κ3) is 2.47. The van der Waals surface area contributed by atoms with Gasteiger partial charge in [0.2, 0.25) is 5.78 Å². The minimum Gasteiger partial charge on any atom is -0.288 e. The number of ketones is 1. The second-order valence-corrected chi connectivity index (χ2v) is 5.34. The van der Waals surface area contributed by atoms with Crippen LogP contribution in [-0.4, -0.2) is 5.78 Å². The summed E-state index contributed by atoms with van der Waals surface area (Å²) in [5.74, 6) is -4.16. The maximum absolute atomic E-state index is 13.9. The summed E-state index contributed by atoms with van der Waals surface area (Å²) in [4.78, 5) is 12.1. The fourth-order valence-electron chi connectivity index (χ4n) is 1.70. The van der Waals surface area contributed by atoms with Crippen LogP contribution in [0.1, 0.15) is 21.5 Å². The van der Waals surface area contributed by atoms with Crippen molar-refractivity contribution in [2.45, 2.75) is 6.92 Å². The predicted octanol–water partition coefficient (Wildman–Crippen LogP) is 5.06. The van der Waals surface area contributed by atoms with E-state index in [4.69, 9.17) is 11.6 Å². The van der Waals surface area contributed by atoms with Gasteiger partial charge in [-0.05, 0) is 46.6 Å². The molecular formula is C14H7BrClF3O. The van der Waals surface area contributed by atoms with Crippen LogP contribution in [0, 0.1) is 24.4 Å². The zero-order valence-electron chi connectivity index (χ0n) is 10.1. The third-order valence-electron chi connectivity index (χ3n) is 2.79. The Morgan fingerprint density at radius 3 is 2.40 bits per heavy atom. The molecule has 0 saturated carbocycles. The van der Waals surface area contributed by atoms with Crippen molar-refractivity contribution in [1.29, 1.82) is 0 Å². The first-order valence-corrected chi connectivity index (χ1v) is 6.64. The summed E-state index contributed by atoms with van der Waals surface area (Å²) in [5, 5.41) is -0.315. The highest BCUT2D eigenvalue weighted by Gasteiger charge is 2.24. The molecule has 0 saturated heterocycles. The van der Waals surface area contributed by atoms with Gasteiger partial charge in [-0.1, -0.05) is 17.7 Å².